The van der Waals surface area contributed by atoms with Gasteiger partial charge in [-0.15, -0.1) is 0 Å². The van der Waals surface area contributed by atoms with Crippen LogP contribution in [-0.4, -0.2) is 22.8 Å². The van der Waals surface area contributed by atoms with E-state index < -0.39 is 5.60 Å². The molecule has 144 valence electrons. The molecule has 0 unspecified atom stereocenters. The van der Waals surface area contributed by atoms with Gasteiger partial charge in [0.1, 0.15) is 5.60 Å². The molecule has 7 atom stereocenters. The standard InChI is InChI=1S/C23H34O3/c1-5-23(26-15(2)24)13-10-20-18-7-6-16-14-17(25)8-11-21(16,3)19(18)9-12-22(20,23)4/h5-6,17-20,25H,1,7-14H2,2-4H3/t17-,18-,19+,20+,21+,22+,23-/m1/s1. The lowest BCUT2D eigenvalue weighted by atomic mass is 9.47. The van der Waals surface area contributed by atoms with Crippen LogP contribution >= 0.6 is 0 Å². The Labute approximate surface area is 157 Å². The van der Waals surface area contributed by atoms with Crippen molar-refractivity contribution >= 4 is 5.97 Å². The van der Waals surface area contributed by atoms with Crippen LogP contribution in [0.1, 0.15) is 72.1 Å². The van der Waals surface area contributed by atoms with Crippen molar-refractivity contribution in [1.82, 2.24) is 0 Å². The number of allylic oxidation sites excluding steroid dienone is 1. The fourth-order valence-electron chi connectivity index (χ4n) is 7.48. The third-order valence-corrected chi connectivity index (χ3v) is 8.92. The monoisotopic (exact) mass is 358 g/mol. The maximum atomic E-state index is 11.8. The molecule has 0 saturated heterocycles. The molecule has 3 nitrogen and oxygen atoms in total. The van der Waals surface area contributed by atoms with Crippen LogP contribution in [0.25, 0.3) is 0 Å². The predicted molar refractivity (Wildman–Crippen MR) is 102 cm³/mol. The van der Waals surface area contributed by atoms with Crippen LogP contribution in [0.3, 0.4) is 0 Å². The number of rotatable bonds is 2. The Morgan fingerprint density at radius 2 is 1.96 bits per heavy atom. The van der Waals surface area contributed by atoms with E-state index in [0.29, 0.717) is 17.8 Å². The highest BCUT2D eigenvalue weighted by atomic mass is 16.6. The zero-order valence-corrected chi connectivity index (χ0v) is 16.6. The topological polar surface area (TPSA) is 46.5 Å². The molecule has 0 bridgehead atoms. The average Bonchev–Trinajstić information content (AvgIpc) is 2.88. The Balaban J connectivity index is 1.68. The van der Waals surface area contributed by atoms with E-state index in [1.54, 1.807) is 0 Å². The molecule has 3 heteroatoms. The minimum Gasteiger partial charge on any atom is -0.454 e. The molecule has 0 amide bonds. The average molecular weight is 359 g/mol. The Bertz CT molecular complexity index is 652. The highest BCUT2D eigenvalue weighted by Gasteiger charge is 2.64. The molecular formula is C23H34O3. The number of carbonyl (C=O) groups is 1. The van der Waals surface area contributed by atoms with Crippen molar-refractivity contribution in [2.45, 2.75) is 83.8 Å². The van der Waals surface area contributed by atoms with Gasteiger partial charge in [-0.05, 0) is 80.6 Å². The van der Waals surface area contributed by atoms with Gasteiger partial charge in [-0.1, -0.05) is 32.1 Å². The van der Waals surface area contributed by atoms with Crippen LogP contribution in [-0.2, 0) is 9.53 Å². The molecule has 0 aromatic rings. The highest BCUT2D eigenvalue weighted by molar-refractivity contribution is 5.67. The van der Waals surface area contributed by atoms with Crippen molar-refractivity contribution in [3.63, 3.8) is 0 Å². The van der Waals surface area contributed by atoms with E-state index in [2.05, 4.69) is 26.5 Å². The normalized spacial score (nSPS) is 50.1. The van der Waals surface area contributed by atoms with E-state index >= 15 is 0 Å². The summed E-state index contributed by atoms with van der Waals surface area (Å²) < 4.78 is 5.94. The fourth-order valence-corrected chi connectivity index (χ4v) is 7.48. The fraction of sp³-hybridized carbons (Fsp3) is 0.783. The lowest BCUT2D eigenvalue weighted by Crippen LogP contribution is -2.55. The van der Waals surface area contributed by atoms with Gasteiger partial charge in [0.05, 0.1) is 6.10 Å². The lowest BCUT2D eigenvalue weighted by Gasteiger charge is -2.59. The first-order valence-electron chi connectivity index (χ1n) is 10.5. The van der Waals surface area contributed by atoms with Crippen molar-refractivity contribution in [2.24, 2.45) is 28.6 Å². The number of carbonyl (C=O) groups excluding carboxylic acids is 1. The summed E-state index contributed by atoms with van der Waals surface area (Å²) in [7, 11) is 0. The summed E-state index contributed by atoms with van der Waals surface area (Å²) in [6, 6.07) is 0. The zero-order chi connectivity index (χ0) is 18.7. The van der Waals surface area contributed by atoms with Gasteiger partial charge < -0.3 is 9.84 Å². The van der Waals surface area contributed by atoms with Crippen molar-refractivity contribution in [1.29, 1.82) is 0 Å². The van der Waals surface area contributed by atoms with Crippen molar-refractivity contribution in [3.8, 4) is 0 Å². The molecule has 4 aliphatic rings. The first-order valence-corrected chi connectivity index (χ1v) is 10.5. The van der Waals surface area contributed by atoms with Crippen LogP contribution < -0.4 is 0 Å². The Morgan fingerprint density at radius 1 is 1.23 bits per heavy atom. The second kappa shape index (κ2) is 5.95. The summed E-state index contributed by atoms with van der Waals surface area (Å²) in [5.74, 6) is 1.76. The molecule has 4 rings (SSSR count). The van der Waals surface area contributed by atoms with Crippen LogP contribution in [0.15, 0.2) is 24.3 Å². The van der Waals surface area contributed by atoms with Gasteiger partial charge >= 0.3 is 5.97 Å². The summed E-state index contributed by atoms with van der Waals surface area (Å²) in [6.07, 6.45) is 12.6. The molecular weight excluding hydrogens is 324 g/mol. The predicted octanol–water partition coefficient (Wildman–Crippen LogP) is 4.80. The quantitative estimate of drug-likeness (QED) is 0.570. The van der Waals surface area contributed by atoms with Gasteiger partial charge in [-0.3, -0.25) is 4.79 Å². The van der Waals surface area contributed by atoms with Gasteiger partial charge in [0, 0.05) is 12.3 Å². The van der Waals surface area contributed by atoms with Crippen LogP contribution in [0.2, 0.25) is 0 Å². The molecule has 0 heterocycles. The Kier molecular flexibility index (Phi) is 4.19. The second-order valence-electron chi connectivity index (χ2n) is 9.84. The second-order valence-corrected chi connectivity index (χ2v) is 9.84. The molecule has 0 radical (unpaired) electrons. The largest absolute Gasteiger partial charge is 0.454 e. The van der Waals surface area contributed by atoms with Gasteiger partial charge in [0.15, 0.2) is 0 Å². The van der Waals surface area contributed by atoms with E-state index in [1.165, 1.54) is 18.9 Å². The molecule has 3 fully saturated rings. The molecule has 0 aromatic heterocycles. The van der Waals surface area contributed by atoms with Crippen molar-refractivity contribution in [2.75, 3.05) is 0 Å². The number of aliphatic hydroxyl groups excluding tert-OH is 1. The van der Waals surface area contributed by atoms with Crippen molar-refractivity contribution in [3.05, 3.63) is 24.3 Å². The zero-order valence-electron chi connectivity index (χ0n) is 16.6. The third kappa shape index (κ3) is 2.32. The first kappa shape index (κ1) is 18.3. The number of ether oxygens (including phenoxy) is 1. The van der Waals surface area contributed by atoms with E-state index in [9.17, 15) is 9.90 Å². The van der Waals surface area contributed by atoms with Crippen molar-refractivity contribution < 1.29 is 14.6 Å². The van der Waals surface area contributed by atoms with Crippen LogP contribution in [0.4, 0.5) is 0 Å². The van der Waals surface area contributed by atoms with Crippen LogP contribution in [0, 0.1) is 28.6 Å². The van der Waals surface area contributed by atoms with Gasteiger partial charge in [-0.25, -0.2) is 0 Å². The summed E-state index contributed by atoms with van der Waals surface area (Å²) in [4.78, 5) is 11.8. The maximum absolute atomic E-state index is 11.8. The minimum absolute atomic E-state index is 0.00251. The molecule has 26 heavy (non-hydrogen) atoms. The number of hydrogen-bond donors (Lipinski definition) is 1. The minimum atomic E-state index is -0.498. The molecule has 0 aromatic carbocycles. The summed E-state index contributed by atoms with van der Waals surface area (Å²) in [5, 5.41) is 10.1. The molecule has 0 spiro atoms. The molecule has 0 aliphatic heterocycles. The molecule has 4 aliphatic carbocycles. The smallest absolute Gasteiger partial charge is 0.303 e. The lowest BCUT2D eigenvalue weighted by molar-refractivity contribution is -0.170. The SMILES string of the molecule is C=C[C@@]1(OC(C)=O)CC[C@H]2[C@@H]3CC=C4C[C@H](O)CC[C@]4(C)[C@H]3CC[C@@]21C. The first-order chi connectivity index (χ1) is 12.3. The van der Waals surface area contributed by atoms with E-state index in [-0.39, 0.29) is 22.9 Å². The van der Waals surface area contributed by atoms with Gasteiger partial charge in [0.2, 0.25) is 0 Å². The van der Waals surface area contributed by atoms with Gasteiger partial charge in [0.25, 0.3) is 0 Å². The third-order valence-electron chi connectivity index (χ3n) is 8.92. The van der Waals surface area contributed by atoms with Gasteiger partial charge in [-0.2, -0.15) is 0 Å². The van der Waals surface area contributed by atoms with E-state index in [0.717, 1.165) is 44.9 Å². The van der Waals surface area contributed by atoms with E-state index in [1.807, 2.05) is 6.08 Å². The van der Waals surface area contributed by atoms with E-state index in [4.69, 9.17) is 4.74 Å². The van der Waals surface area contributed by atoms with Crippen LogP contribution in [0.5, 0.6) is 0 Å². The number of fused-ring (bicyclic) bond motifs is 5. The number of esters is 1. The molecule has 1 N–H and O–H groups in total. The number of hydrogen-bond acceptors (Lipinski definition) is 3. The number of aliphatic hydroxyl groups is 1. The highest BCUT2D eigenvalue weighted by Crippen LogP contribution is 2.68. The maximum Gasteiger partial charge on any atom is 0.303 e. The Morgan fingerprint density at radius 3 is 2.65 bits per heavy atom. The summed E-state index contributed by atoms with van der Waals surface area (Å²) in [5.41, 5.74) is 1.26. The molecule has 3 saturated carbocycles. The Hall–Kier alpha value is -1.09. The summed E-state index contributed by atoms with van der Waals surface area (Å²) in [6.45, 7) is 10.4. The summed E-state index contributed by atoms with van der Waals surface area (Å²) >= 11 is 0.